The van der Waals surface area contributed by atoms with Gasteiger partial charge in [0.05, 0.1) is 17.1 Å². The van der Waals surface area contributed by atoms with Crippen LogP contribution < -0.4 is 10.6 Å². The number of terminal acetylenes is 1. The summed E-state index contributed by atoms with van der Waals surface area (Å²) < 4.78 is 2.10. The number of benzene rings is 1. The van der Waals surface area contributed by atoms with Crippen molar-refractivity contribution in [3.05, 3.63) is 76.6 Å². The number of rotatable bonds is 7. The van der Waals surface area contributed by atoms with Crippen molar-refractivity contribution >= 4 is 50.4 Å². The molecule has 12 heteroatoms. The highest BCUT2D eigenvalue weighted by atomic mass is 79.9. The second kappa shape index (κ2) is 11.5. The molecule has 2 aliphatic rings. The van der Waals surface area contributed by atoms with E-state index in [1.54, 1.807) is 44.1 Å². The number of pyridine rings is 1. The van der Waals surface area contributed by atoms with Gasteiger partial charge < -0.3 is 15.5 Å². The van der Waals surface area contributed by atoms with Crippen LogP contribution in [0.1, 0.15) is 49.1 Å². The van der Waals surface area contributed by atoms with Crippen LogP contribution in [0.3, 0.4) is 0 Å². The van der Waals surface area contributed by atoms with Crippen LogP contribution in [-0.2, 0) is 16.1 Å². The number of nitrogens with zero attached hydrogens (tertiary/aromatic N) is 6. The van der Waals surface area contributed by atoms with Gasteiger partial charge in [-0.25, -0.2) is 15.0 Å². The van der Waals surface area contributed by atoms with Crippen molar-refractivity contribution in [2.75, 3.05) is 5.32 Å². The maximum Gasteiger partial charge on any atom is 0.273 e. The van der Waals surface area contributed by atoms with Crippen LogP contribution in [0.2, 0.25) is 0 Å². The first-order valence-electron chi connectivity index (χ1n) is 14.8. The normalized spacial score (nSPS) is 20.2. The monoisotopic (exact) mass is 680 g/mol. The maximum absolute atomic E-state index is 14.1. The standard InChI is InChI=1S/C34H33BrN8O3/c1-7-33(4,5)40-32(46)29-23-14-21(22-16-36-20(3)37-17-22)9-10-24(23)42(41-29)18-28(44)43-25(15-34(6)13-12-26(34)43)31(45)39-30-19(2)8-11-27(35)38-30/h1,8-14,16-17,25-26H,15,18H2,2-6H3,(H,40,46)(H,38,39,45)/t25-,26+,34+/m0/s1. The topological polar surface area (TPSA) is 135 Å². The minimum Gasteiger partial charge on any atom is -0.335 e. The smallest absolute Gasteiger partial charge is 0.273 e. The van der Waals surface area contributed by atoms with Gasteiger partial charge in [0.15, 0.2) is 5.69 Å². The first kappa shape index (κ1) is 31.1. The second-order valence-corrected chi connectivity index (χ2v) is 13.4. The number of aromatic nitrogens is 5. The van der Waals surface area contributed by atoms with Gasteiger partial charge in [0.2, 0.25) is 11.8 Å². The lowest BCUT2D eigenvalue weighted by atomic mass is 9.73. The molecule has 0 bridgehead atoms. The molecule has 4 aromatic rings. The lowest BCUT2D eigenvalue weighted by molar-refractivity contribution is -0.139. The molecule has 2 N–H and O–H groups in total. The molecule has 0 saturated carbocycles. The summed E-state index contributed by atoms with van der Waals surface area (Å²) in [7, 11) is 0. The lowest BCUT2D eigenvalue weighted by Crippen LogP contribution is -2.50. The van der Waals surface area contributed by atoms with Gasteiger partial charge in [-0.1, -0.05) is 37.1 Å². The third kappa shape index (κ3) is 5.67. The van der Waals surface area contributed by atoms with Crippen LogP contribution >= 0.6 is 15.9 Å². The number of amides is 3. The maximum atomic E-state index is 14.1. The summed E-state index contributed by atoms with van der Waals surface area (Å²) in [6.45, 7) is 8.96. The molecule has 1 fully saturated rings. The van der Waals surface area contributed by atoms with Crippen molar-refractivity contribution in [1.29, 1.82) is 0 Å². The third-order valence-corrected chi connectivity index (χ3v) is 9.09. The molecule has 1 aromatic carbocycles. The molecule has 4 heterocycles. The molecule has 0 unspecified atom stereocenters. The number of likely N-dealkylation sites (tertiary alicyclic amines) is 1. The fourth-order valence-corrected chi connectivity index (χ4v) is 6.29. The number of nitrogens with one attached hydrogen (secondary N) is 2. The molecule has 46 heavy (non-hydrogen) atoms. The molecule has 0 radical (unpaired) electrons. The van der Waals surface area contributed by atoms with Crippen molar-refractivity contribution < 1.29 is 14.4 Å². The summed E-state index contributed by atoms with van der Waals surface area (Å²) in [5, 5.41) is 10.9. The van der Waals surface area contributed by atoms with Gasteiger partial charge in [-0.05, 0) is 79.4 Å². The fraction of sp³-hybridized carbons (Fsp3) is 0.324. The summed E-state index contributed by atoms with van der Waals surface area (Å²) in [6.07, 6.45) is 13.5. The first-order valence-corrected chi connectivity index (χ1v) is 15.6. The highest BCUT2D eigenvalue weighted by molar-refractivity contribution is 9.10. The molecule has 234 valence electrons. The molecule has 3 atom stereocenters. The summed E-state index contributed by atoms with van der Waals surface area (Å²) in [4.78, 5) is 56.0. The van der Waals surface area contributed by atoms with Crippen molar-refractivity contribution in [3.63, 3.8) is 0 Å². The largest absolute Gasteiger partial charge is 0.335 e. The van der Waals surface area contributed by atoms with Gasteiger partial charge in [-0.2, -0.15) is 5.10 Å². The minimum atomic E-state index is -0.926. The Morgan fingerprint density at radius 3 is 2.54 bits per heavy atom. The molecule has 0 spiro atoms. The van der Waals surface area contributed by atoms with E-state index in [1.165, 1.54) is 4.68 Å². The molecule has 6 rings (SSSR count). The number of aryl methyl sites for hydroxylation is 2. The SMILES string of the molecule is C#CC(C)(C)NC(=O)c1nn(CC(=O)N2[C@H](C(=O)Nc3nc(Br)ccc3C)C[C@@]3(C)C=C[C@@H]23)c2ccc(-c3cnc(C)nc3)cc12. The Labute approximate surface area is 275 Å². The van der Waals surface area contributed by atoms with Crippen LogP contribution in [-0.4, -0.2) is 65.0 Å². The summed E-state index contributed by atoms with van der Waals surface area (Å²) in [6, 6.07) is 8.20. The highest BCUT2D eigenvalue weighted by Gasteiger charge is 2.55. The Kier molecular flexibility index (Phi) is 7.76. The lowest BCUT2D eigenvalue weighted by Gasteiger charge is -2.38. The zero-order valence-electron chi connectivity index (χ0n) is 26.1. The van der Waals surface area contributed by atoms with E-state index >= 15 is 0 Å². The van der Waals surface area contributed by atoms with Crippen molar-refractivity contribution in [1.82, 2.24) is 34.9 Å². The van der Waals surface area contributed by atoms with Gasteiger partial charge in [-0.3, -0.25) is 19.1 Å². The van der Waals surface area contributed by atoms with Crippen LogP contribution in [0.15, 0.2) is 59.5 Å². The number of hydrogen-bond donors (Lipinski definition) is 2. The Hall–Kier alpha value is -4.89. The Balaban J connectivity index is 1.35. The Bertz CT molecular complexity index is 1980. The summed E-state index contributed by atoms with van der Waals surface area (Å²) in [5.41, 5.74) is 1.80. The number of carbonyl (C=O) groups is 3. The number of carbonyl (C=O) groups excluding carboxylic acids is 3. The number of anilines is 1. The van der Waals surface area contributed by atoms with E-state index in [0.717, 1.165) is 16.7 Å². The number of halogens is 1. The van der Waals surface area contributed by atoms with E-state index in [-0.39, 0.29) is 35.5 Å². The number of hydrogen-bond acceptors (Lipinski definition) is 7. The first-order chi connectivity index (χ1) is 21.8. The van der Waals surface area contributed by atoms with Gasteiger partial charge in [0.1, 0.15) is 28.8 Å². The van der Waals surface area contributed by atoms with E-state index in [4.69, 9.17) is 6.42 Å². The molecule has 1 saturated heterocycles. The predicted octanol–water partition coefficient (Wildman–Crippen LogP) is 4.59. The van der Waals surface area contributed by atoms with Gasteiger partial charge in [0, 0.05) is 28.8 Å². The summed E-state index contributed by atoms with van der Waals surface area (Å²) in [5.74, 6) is 2.56. The fourth-order valence-electron chi connectivity index (χ4n) is 5.98. The molecule has 3 aromatic heterocycles. The third-order valence-electron chi connectivity index (χ3n) is 8.65. The van der Waals surface area contributed by atoms with E-state index < -0.39 is 17.5 Å². The van der Waals surface area contributed by atoms with Crippen LogP contribution in [0, 0.1) is 31.6 Å². The van der Waals surface area contributed by atoms with Crippen molar-refractivity contribution in [2.24, 2.45) is 5.41 Å². The number of fused-ring (bicyclic) bond motifs is 2. The molecular weight excluding hydrogens is 648 g/mol. The average Bonchev–Trinajstić information content (AvgIpc) is 3.47. The van der Waals surface area contributed by atoms with Gasteiger partial charge in [0.25, 0.3) is 5.91 Å². The second-order valence-electron chi connectivity index (χ2n) is 12.6. The molecule has 3 amide bonds. The molecule has 11 nitrogen and oxygen atoms in total. The zero-order chi connectivity index (χ0) is 33.0. The van der Waals surface area contributed by atoms with E-state index in [0.29, 0.717) is 33.6 Å². The van der Waals surface area contributed by atoms with E-state index in [9.17, 15) is 14.4 Å². The molecule has 1 aliphatic carbocycles. The average molecular weight is 682 g/mol. The van der Waals surface area contributed by atoms with Crippen molar-refractivity contribution in [3.8, 4) is 23.5 Å². The van der Waals surface area contributed by atoms with Gasteiger partial charge >= 0.3 is 0 Å². The highest BCUT2D eigenvalue weighted by Crippen LogP contribution is 2.49. The van der Waals surface area contributed by atoms with Crippen LogP contribution in [0.5, 0.6) is 0 Å². The molecule has 1 aliphatic heterocycles. The Morgan fingerprint density at radius 2 is 1.87 bits per heavy atom. The van der Waals surface area contributed by atoms with Gasteiger partial charge in [-0.15, -0.1) is 6.42 Å². The minimum absolute atomic E-state index is 0.126. The zero-order valence-corrected chi connectivity index (χ0v) is 27.7. The predicted molar refractivity (Wildman–Crippen MR) is 177 cm³/mol. The van der Waals surface area contributed by atoms with Crippen molar-refractivity contribution in [2.45, 2.75) is 65.2 Å². The quantitative estimate of drug-likeness (QED) is 0.166. The van der Waals surface area contributed by atoms with Crippen LogP contribution in [0.4, 0.5) is 5.82 Å². The molecular formula is C34H33BrN8O3. The summed E-state index contributed by atoms with van der Waals surface area (Å²) >= 11 is 3.36. The van der Waals surface area contributed by atoms with E-state index in [1.807, 2.05) is 50.3 Å². The van der Waals surface area contributed by atoms with Crippen LogP contribution in [0.25, 0.3) is 22.0 Å². The Morgan fingerprint density at radius 1 is 1.13 bits per heavy atom. The van der Waals surface area contributed by atoms with E-state index in [2.05, 4.69) is 52.5 Å².